The molecule has 0 atom stereocenters. The van der Waals surface area contributed by atoms with Crippen LogP contribution >= 0.6 is 11.6 Å². The molecule has 1 heterocycles. The van der Waals surface area contributed by atoms with Crippen LogP contribution in [0.3, 0.4) is 0 Å². The van der Waals surface area contributed by atoms with Crippen molar-refractivity contribution in [3.63, 3.8) is 0 Å². The number of ether oxygens (including phenoxy) is 4. The third kappa shape index (κ3) is 9.46. The number of nitrogens with zero attached hydrogens (tertiary/aromatic N) is 2. The van der Waals surface area contributed by atoms with Gasteiger partial charge in [-0.15, -0.1) is 0 Å². The number of aliphatic imine (C=N–C) groups is 1. The Balaban J connectivity index is 1.62. The minimum Gasteiger partial charge on any atom is -0.506 e. The molecule has 3 aromatic carbocycles. The Bertz CT molecular complexity index is 1880. The molecule has 16 heteroatoms. The fraction of sp³-hybridized carbons (Fsp3) is 0.361. The molecule has 0 bridgehead atoms. The number of hydrogen-bond acceptors (Lipinski definition) is 11. The first-order valence-corrected chi connectivity index (χ1v) is 16.4. The maximum absolute atomic E-state index is 15.6. The smallest absolute Gasteiger partial charge is 0.410 e. The minimum atomic E-state index is -1.33. The number of aliphatic hydroxyl groups is 3. The van der Waals surface area contributed by atoms with Gasteiger partial charge in [-0.3, -0.25) is 4.99 Å². The first-order valence-electron chi connectivity index (χ1n) is 16.0. The van der Waals surface area contributed by atoms with Gasteiger partial charge in [0.1, 0.15) is 39.6 Å². The van der Waals surface area contributed by atoms with E-state index in [2.05, 4.69) is 10.3 Å². The Hall–Kier alpha value is -4.99. The number of anilines is 1. The number of nitrogens with one attached hydrogen (secondary N) is 1. The molecule has 4 rings (SSSR count). The zero-order valence-corrected chi connectivity index (χ0v) is 29.8. The number of rotatable bonds is 13. The topological polar surface area (TPSA) is 159 Å². The van der Waals surface area contributed by atoms with Gasteiger partial charge in [0, 0.05) is 23.9 Å². The molecule has 1 amide bonds. The maximum atomic E-state index is 15.6. The summed E-state index contributed by atoms with van der Waals surface area (Å²) in [5, 5.41) is 32.5. The number of benzene rings is 3. The summed E-state index contributed by atoms with van der Waals surface area (Å²) in [5.74, 6) is -5.73. The van der Waals surface area contributed by atoms with Gasteiger partial charge in [0.25, 0.3) is 0 Å². The number of carbonyl (C=O) groups excluding carboxylic acids is 2. The van der Waals surface area contributed by atoms with Gasteiger partial charge in [0.15, 0.2) is 17.4 Å². The summed E-state index contributed by atoms with van der Waals surface area (Å²) in [6.07, 6.45) is -0.537. The summed E-state index contributed by atoms with van der Waals surface area (Å²) < 4.78 is 67.1. The van der Waals surface area contributed by atoms with Crippen molar-refractivity contribution in [2.75, 3.05) is 32.1 Å². The van der Waals surface area contributed by atoms with E-state index in [1.807, 2.05) is 0 Å². The molecular formula is C36H39ClF3N3O9. The predicted octanol–water partition coefficient (Wildman–Crippen LogP) is 6.60. The normalized spacial score (nSPS) is 13.8. The van der Waals surface area contributed by atoms with E-state index in [0.717, 1.165) is 12.3 Å². The van der Waals surface area contributed by atoms with Crippen LogP contribution < -0.4 is 14.8 Å². The lowest BCUT2D eigenvalue weighted by molar-refractivity contribution is -0.137. The van der Waals surface area contributed by atoms with Crippen LogP contribution in [0.1, 0.15) is 49.9 Å². The second-order valence-electron chi connectivity index (χ2n) is 12.5. The van der Waals surface area contributed by atoms with Gasteiger partial charge in [-0.25, -0.2) is 22.8 Å². The quantitative estimate of drug-likeness (QED) is 0.0494. The monoisotopic (exact) mass is 749 g/mol. The molecule has 1 aliphatic heterocycles. The summed E-state index contributed by atoms with van der Waals surface area (Å²) in [6, 6.07) is 7.82. The molecule has 4 N–H and O–H groups in total. The van der Waals surface area contributed by atoms with Gasteiger partial charge >= 0.3 is 12.1 Å². The highest BCUT2D eigenvalue weighted by Gasteiger charge is 2.37. The molecule has 1 saturated heterocycles. The number of halogens is 4. The van der Waals surface area contributed by atoms with Crippen molar-refractivity contribution < 1.29 is 57.0 Å². The first-order chi connectivity index (χ1) is 24.6. The molecule has 0 unspecified atom stereocenters. The minimum absolute atomic E-state index is 0.00474. The second kappa shape index (κ2) is 17.0. The summed E-state index contributed by atoms with van der Waals surface area (Å²) in [7, 11) is 1.45. The molecule has 3 aromatic rings. The first kappa shape index (κ1) is 39.8. The number of likely N-dealkylation sites (tertiary alicyclic amines) is 1. The third-order valence-corrected chi connectivity index (χ3v) is 7.92. The number of esters is 1. The molecular weight excluding hydrogens is 711 g/mol. The number of carbonyl (C=O) groups is 2. The molecule has 0 aromatic heterocycles. The predicted molar refractivity (Wildman–Crippen MR) is 186 cm³/mol. The lowest BCUT2D eigenvalue weighted by Gasteiger charge is -2.39. The maximum Gasteiger partial charge on any atom is 0.410 e. The van der Waals surface area contributed by atoms with Gasteiger partial charge < -0.3 is 44.5 Å². The van der Waals surface area contributed by atoms with E-state index in [1.54, 1.807) is 39.0 Å². The Kier molecular flexibility index (Phi) is 13.0. The lowest BCUT2D eigenvalue weighted by Crippen LogP contribution is -2.57. The molecule has 0 aliphatic carbocycles. The van der Waals surface area contributed by atoms with E-state index in [0.29, 0.717) is 22.9 Å². The van der Waals surface area contributed by atoms with Crippen LogP contribution in [0.4, 0.5) is 29.3 Å². The average molecular weight is 750 g/mol. The number of methoxy groups -OCH3 is 1. The standard InChI is InChI=1S/C36H39ClF3N3O9/c1-6-50-34(47)24(14-42-27-12-28(25(38)10-21(27)18-45)41-13-20-8-7-19(17-44)9-29(20)49-5)32(46)23-11-26(39)33(30(37)31(23)40)51-22-15-43(16-22)35(48)52-36(2,3)4/h7-12,14,22,41,44-46H,6,13,15-18H2,1-5H3. The van der Waals surface area contributed by atoms with E-state index < -0.39 is 75.5 Å². The molecule has 280 valence electrons. The highest BCUT2D eigenvalue weighted by Crippen LogP contribution is 2.37. The Labute approximate surface area is 303 Å². The second-order valence-corrected chi connectivity index (χ2v) is 12.9. The van der Waals surface area contributed by atoms with E-state index >= 15 is 13.2 Å². The number of hydrogen-bond donors (Lipinski definition) is 4. The number of amides is 1. The van der Waals surface area contributed by atoms with Gasteiger partial charge in [0.2, 0.25) is 0 Å². The molecule has 12 nitrogen and oxygen atoms in total. The molecule has 0 saturated carbocycles. The average Bonchev–Trinajstić information content (AvgIpc) is 3.07. The summed E-state index contributed by atoms with van der Waals surface area (Å²) >= 11 is 6.14. The van der Waals surface area contributed by atoms with Crippen molar-refractivity contribution >= 4 is 47.0 Å². The third-order valence-electron chi connectivity index (χ3n) is 7.58. The zero-order valence-electron chi connectivity index (χ0n) is 29.1. The fourth-order valence-electron chi connectivity index (χ4n) is 4.92. The van der Waals surface area contributed by atoms with Crippen molar-refractivity contribution in [1.29, 1.82) is 0 Å². The lowest BCUT2D eigenvalue weighted by atomic mass is 10.1. The summed E-state index contributed by atoms with van der Waals surface area (Å²) in [5.41, 5.74) is -1.13. The van der Waals surface area contributed by atoms with Crippen LogP contribution in [-0.2, 0) is 34.0 Å². The summed E-state index contributed by atoms with van der Waals surface area (Å²) in [4.78, 5) is 30.6. The Morgan fingerprint density at radius 2 is 1.77 bits per heavy atom. The van der Waals surface area contributed by atoms with Crippen LogP contribution in [-0.4, -0.2) is 77.0 Å². The van der Waals surface area contributed by atoms with Crippen molar-refractivity contribution in [3.8, 4) is 11.5 Å². The van der Waals surface area contributed by atoms with Gasteiger partial charge in [-0.2, -0.15) is 0 Å². The molecule has 1 fully saturated rings. The van der Waals surface area contributed by atoms with Crippen LogP contribution in [0.2, 0.25) is 5.02 Å². The highest BCUT2D eigenvalue weighted by molar-refractivity contribution is 6.32. The van der Waals surface area contributed by atoms with Gasteiger partial charge in [-0.05, 0) is 57.5 Å². The Morgan fingerprint density at radius 1 is 1.06 bits per heavy atom. The number of aliphatic hydroxyl groups excluding tert-OH is 3. The van der Waals surface area contributed by atoms with E-state index in [4.69, 9.17) is 30.5 Å². The van der Waals surface area contributed by atoms with Crippen LogP contribution in [0.5, 0.6) is 11.5 Å². The largest absolute Gasteiger partial charge is 0.506 e. The fourth-order valence-corrected chi connectivity index (χ4v) is 5.16. The van der Waals surface area contributed by atoms with Crippen molar-refractivity contribution in [3.05, 3.63) is 86.7 Å². The molecule has 1 aliphatic rings. The van der Waals surface area contributed by atoms with Crippen molar-refractivity contribution in [2.45, 2.75) is 59.2 Å². The highest BCUT2D eigenvalue weighted by atomic mass is 35.5. The van der Waals surface area contributed by atoms with E-state index in [1.165, 1.54) is 25.0 Å². The van der Waals surface area contributed by atoms with Crippen molar-refractivity contribution in [2.24, 2.45) is 4.99 Å². The van der Waals surface area contributed by atoms with Gasteiger partial charge in [-0.1, -0.05) is 23.7 Å². The molecule has 0 radical (unpaired) electrons. The van der Waals surface area contributed by atoms with Crippen molar-refractivity contribution in [1.82, 2.24) is 4.90 Å². The SMILES string of the molecule is CCOC(=O)C(C=Nc1cc(NCc2ccc(CO)cc2OC)c(F)cc1CO)=C(O)c1cc(F)c(OC2CN(C(=O)OC(C)(C)C)C2)c(Cl)c1F. The summed E-state index contributed by atoms with van der Waals surface area (Å²) in [6.45, 7) is 5.66. The van der Waals surface area contributed by atoms with Crippen LogP contribution in [0.25, 0.3) is 5.76 Å². The molecule has 52 heavy (non-hydrogen) atoms. The Morgan fingerprint density at radius 3 is 2.38 bits per heavy atom. The van der Waals surface area contributed by atoms with Crippen LogP contribution in [0, 0.1) is 17.5 Å². The zero-order chi connectivity index (χ0) is 38.3. The van der Waals surface area contributed by atoms with Crippen LogP contribution in [0.15, 0.2) is 47.0 Å². The van der Waals surface area contributed by atoms with Gasteiger partial charge in [0.05, 0.1) is 57.0 Å². The molecule has 0 spiro atoms. The van der Waals surface area contributed by atoms with E-state index in [-0.39, 0.29) is 49.8 Å². The van der Waals surface area contributed by atoms with E-state index in [9.17, 15) is 24.9 Å².